The number of carbonyl (C=O) groups is 1. The number of nitrogens with two attached hydrogens (primary N) is 1. The Hall–Kier alpha value is -1.24. The second-order valence-electron chi connectivity index (χ2n) is 4.00. The molecule has 20 heavy (non-hydrogen) atoms. The van der Waals surface area contributed by atoms with Crippen LogP contribution in [0.1, 0.15) is 15.2 Å². The Morgan fingerprint density at radius 1 is 1.50 bits per heavy atom. The maximum atomic E-state index is 11.8. The zero-order valence-electron chi connectivity index (χ0n) is 10.6. The molecule has 0 bridgehead atoms. The Balaban J connectivity index is 2.27. The summed E-state index contributed by atoms with van der Waals surface area (Å²) < 4.78 is 5.77. The van der Waals surface area contributed by atoms with Crippen molar-refractivity contribution in [2.45, 2.75) is 6.54 Å². The van der Waals surface area contributed by atoms with Crippen LogP contribution in [-0.2, 0) is 11.3 Å². The maximum absolute atomic E-state index is 11.8. The van der Waals surface area contributed by atoms with Crippen molar-refractivity contribution in [3.8, 4) is 0 Å². The average molecular weight is 376 g/mol. The number of ether oxygens (including phenoxy) is 1. The van der Waals surface area contributed by atoms with Crippen molar-refractivity contribution in [1.29, 1.82) is 0 Å². The van der Waals surface area contributed by atoms with E-state index >= 15 is 0 Å². The molecule has 0 spiro atoms. The first-order valence-corrected chi connectivity index (χ1v) is 7.70. The molecule has 2 rings (SSSR count). The van der Waals surface area contributed by atoms with Crippen LogP contribution in [0.25, 0.3) is 0 Å². The molecule has 106 valence electrons. The minimum Gasteiger partial charge on any atom is -0.465 e. The number of benzene rings is 1. The van der Waals surface area contributed by atoms with Crippen molar-refractivity contribution in [2.24, 2.45) is 0 Å². The molecule has 0 fully saturated rings. The summed E-state index contributed by atoms with van der Waals surface area (Å²) in [4.78, 5) is 12.9. The normalized spacial score (nSPS) is 10.3. The Morgan fingerprint density at radius 3 is 2.85 bits per heavy atom. The molecule has 0 aliphatic rings. The van der Waals surface area contributed by atoms with Gasteiger partial charge in [0.15, 0.2) is 0 Å². The van der Waals surface area contributed by atoms with Crippen molar-refractivity contribution in [1.82, 2.24) is 0 Å². The van der Waals surface area contributed by atoms with Crippen molar-refractivity contribution >= 4 is 56.2 Å². The highest BCUT2D eigenvalue weighted by Gasteiger charge is 2.16. The first kappa shape index (κ1) is 15.2. The third-order valence-electron chi connectivity index (χ3n) is 2.58. The molecule has 0 radical (unpaired) electrons. The van der Waals surface area contributed by atoms with Gasteiger partial charge in [-0.25, -0.2) is 4.79 Å². The summed E-state index contributed by atoms with van der Waals surface area (Å²) in [5.41, 5.74) is 6.98. The van der Waals surface area contributed by atoms with Crippen molar-refractivity contribution in [3.05, 3.63) is 43.5 Å². The molecule has 0 aliphatic carbocycles. The van der Waals surface area contributed by atoms with Gasteiger partial charge in [-0.15, -0.1) is 11.3 Å². The van der Waals surface area contributed by atoms with Gasteiger partial charge in [-0.2, -0.15) is 0 Å². The molecule has 0 amide bonds. The summed E-state index contributed by atoms with van der Waals surface area (Å²) in [6.07, 6.45) is 0. The lowest BCUT2D eigenvalue weighted by molar-refractivity contribution is 0.0602. The van der Waals surface area contributed by atoms with Crippen LogP contribution in [0.5, 0.6) is 0 Å². The van der Waals surface area contributed by atoms with Gasteiger partial charge in [-0.3, -0.25) is 0 Å². The van der Waals surface area contributed by atoms with Gasteiger partial charge in [-0.05, 0) is 34.1 Å². The average Bonchev–Trinajstić information content (AvgIpc) is 2.81. The fraction of sp³-hybridized carbons (Fsp3) is 0.154. The van der Waals surface area contributed by atoms with Gasteiger partial charge >= 0.3 is 5.97 Å². The molecule has 7 heteroatoms. The van der Waals surface area contributed by atoms with Crippen LogP contribution in [-0.4, -0.2) is 13.1 Å². The lowest BCUT2D eigenvalue weighted by Gasteiger charge is -2.13. The summed E-state index contributed by atoms with van der Waals surface area (Å²) >= 11 is 11.2. The summed E-state index contributed by atoms with van der Waals surface area (Å²) in [5.74, 6) is -0.478. The van der Waals surface area contributed by atoms with E-state index in [1.54, 1.807) is 23.5 Å². The van der Waals surface area contributed by atoms with E-state index in [4.69, 9.17) is 22.1 Å². The van der Waals surface area contributed by atoms with Gasteiger partial charge in [0.2, 0.25) is 0 Å². The fourth-order valence-corrected chi connectivity index (χ4v) is 3.39. The third-order valence-corrected chi connectivity index (χ3v) is 4.57. The summed E-state index contributed by atoms with van der Waals surface area (Å²) in [6, 6.07) is 5.14. The van der Waals surface area contributed by atoms with E-state index in [-0.39, 0.29) is 0 Å². The van der Waals surface area contributed by atoms with Crippen molar-refractivity contribution in [3.63, 3.8) is 0 Å². The molecule has 0 atom stereocenters. The lowest BCUT2D eigenvalue weighted by Crippen LogP contribution is -2.09. The molecule has 2 aromatic rings. The highest BCUT2D eigenvalue weighted by atomic mass is 79.9. The van der Waals surface area contributed by atoms with E-state index in [1.807, 2.05) is 11.4 Å². The number of esters is 1. The molecule has 0 aliphatic heterocycles. The standard InChI is InChI=1S/C13H12BrClN2O2S/c1-19-13(18)10-3-8(16)4-11(15)12(10)17-5-9-2-7(14)6-20-9/h2-4,6,17H,5,16H2,1H3. The summed E-state index contributed by atoms with van der Waals surface area (Å²) in [5, 5.41) is 5.53. The van der Waals surface area contributed by atoms with Crippen molar-refractivity contribution in [2.75, 3.05) is 18.2 Å². The number of thiophene rings is 1. The van der Waals surface area contributed by atoms with E-state index in [0.717, 1.165) is 9.35 Å². The number of nitrogen functional groups attached to an aromatic ring is 1. The molecule has 0 saturated carbocycles. The van der Waals surface area contributed by atoms with Crippen LogP contribution in [0, 0.1) is 0 Å². The maximum Gasteiger partial charge on any atom is 0.340 e. The highest BCUT2D eigenvalue weighted by molar-refractivity contribution is 9.10. The predicted octanol–water partition coefficient (Wildman–Crippen LogP) is 4.14. The van der Waals surface area contributed by atoms with Gasteiger partial charge in [0, 0.05) is 27.0 Å². The van der Waals surface area contributed by atoms with Gasteiger partial charge in [0.1, 0.15) is 0 Å². The number of anilines is 2. The van der Waals surface area contributed by atoms with Gasteiger partial charge in [0.05, 0.1) is 23.4 Å². The number of hydrogen-bond acceptors (Lipinski definition) is 5. The Kier molecular flexibility index (Phi) is 4.91. The first-order valence-electron chi connectivity index (χ1n) is 5.65. The quantitative estimate of drug-likeness (QED) is 0.622. The molecular weight excluding hydrogens is 364 g/mol. The van der Waals surface area contributed by atoms with Gasteiger partial charge in [0.25, 0.3) is 0 Å². The zero-order valence-corrected chi connectivity index (χ0v) is 13.7. The van der Waals surface area contributed by atoms with E-state index in [1.165, 1.54) is 7.11 Å². The minimum atomic E-state index is -0.478. The van der Waals surface area contributed by atoms with E-state index in [2.05, 4.69) is 21.2 Å². The van der Waals surface area contributed by atoms with E-state index in [9.17, 15) is 4.79 Å². The molecule has 0 unspecified atom stereocenters. The molecule has 0 saturated heterocycles. The second kappa shape index (κ2) is 6.47. The first-order chi connectivity index (χ1) is 9.51. The van der Waals surface area contributed by atoms with Crippen molar-refractivity contribution < 1.29 is 9.53 Å². The van der Waals surface area contributed by atoms with Gasteiger partial charge in [-0.1, -0.05) is 11.6 Å². The minimum absolute atomic E-state index is 0.327. The van der Waals surface area contributed by atoms with Crippen LogP contribution in [0.4, 0.5) is 11.4 Å². The molecule has 1 heterocycles. The SMILES string of the molecule is COC(=O)c1cc(N)cc(Cl)c1NCc1cc(Br)cs1. The fourth-order valence-electron chi connectivity index (χ4n) is 1.70. The van der Waals surface area contributed by atoms with E-state index < -0.39 is 5.97 Å². The number of rotatable bonds is 4. The number of hydrogen-bond donors (Lipinski definition) is 2. The lowest BCUT2D eigenvalue weighted by atomic mass is 10.1. The Bertz CT molecular complexity index is 645. The number of methoxy groups -OCH3 is 1. The van der Waals surface area contributed by atoms with E-state index in [0.29, 0.717) is 28.5 Å². The van der Waals surface area contributed by atoms with Crippen LogP contribution >= 0.6 is 38.9 Å². The van der Waals surface area contributed by atoms with Gasteiger partial charge < -0.3 is 15.8 Å². The van der Waals surface area contributed by atoms with Crippen LogP contribution < -0.4 is 11.1 Å². The second-order valence-corrected chi connectivity index (χ2v) is 6.32. The predicted molar refractivity (Wildman–Crippen MR) is 86.5 cm³/mol. The summed E-state index contributed by atoms with van der Waals surface area (Å²) in [6.45, 7) is 0.559. The topological polar surface area (TPSA) is 64.3 Å². The molecule has 1 aromatic heterocycles. The number of halogens is 2. The monoisotopic (exact) mass is 374 g/mol. The number of carbonyl (C=O) groups excluding carboxylic acids is 1. The molecule has 1 aromatic carbocycles. The molecule has 4 nitrogen and oxygen atoms in total. The highest BCUT2D eigenvalue weighted by Crippen LogP contribution is 2.31. The smallest absolute Gasteiger partial charge is 0.340 e. The van der Waals surface area contributed by atoms with Crippen LogP contribution in [0.3, 0.4) is 0 Å². The molecular formula is C13H12BrClN2O2S. The summed E-state index contributed by atoms with van der Waals surface area (Å²) in [7, 11) is 1.32. The zero-order chi connectivity index (χ0) is 14.7. The largest absolute Gasteiger partial charge is 0.465 e. The Morgan fingerprint density at radius 2 is 2.25 bits per heavy atom. The number of nitrogens with one attached hydrogen (secondary N) is 1. The molecule has 3 N–H and O–H groups in total. The third kappa shape index (κ3) is 3.45. The van der Waals surface area contributed by atoms with Crippen LogP contribution in [0.15, 0.2) is 28.1 Å². The van der Waals surface area contributed by atoms with Crippen LogP contribution in [0.2, 0.25) is 5.02 Å². The Labute approximate surface area is 134 Å².